The maximum Gasteiger partial charge on any atom is 0.276 e. The Morgan fingerprint density at radius 3 is 2.38 bits per heavy atom. The van der Waals surface area contributed by atoms with Gasteiger partial charge in [-0.2, -0.15) is 8.42 Å². The Balaban J connectivity index is 2.21. The van der Waals surface area contributed by atoms with Crippen LogP contribution in [0.15, 0.2) is 18.2 Å². The SMILES string of the molecule is CCCNS(=O)(=O)NCC(c1ccc(OC)c(OC)c1)N1CCCCC1. The molecule has 1 aromatic rings. The van der Waals surface area contributed by atoms with Crippen LogP contribution in [0.2, 0.25) is 0 Å². The number of likely N-dealkylation sites (tertiary alicyclic amines) is 1. The van der Waals surface area contributed by atoms with E-state index in [1.165, 1.54) is 6.42 Å². The number of rotatable bonds is 10. The Bertz CT molecular complexity index is 660. The molecule has 1 unspecified atom stereocenters. The number of benzene rings is 1. The Morgan fingerprint density at radius 1 is 1.08 bits per heavy atom. The fraction of sp³-hybridized carbons (Fsp3) is 0.667. The third-order valence-electron chi connectivity index (χ3n) is 4.63. The largest absolute Gasteiger partial charge is 0.493 e. The molecule has 0 aromatic heterocycles. The monoisotopic (exact) mass is 385 g/mol. The van der Waals surface area contributed by atoms with Crippen molar-refractivity contribution in [3.05, 3.63) is 23.8 Å². The smallest absolute Gasteiger partial charge is 0.276 e. The maximum absolute atomic E-state index is 12.1. The maximum atomic E-state index is 12.1. The first-order chi connectivity index (χ1) is 12.5. The summed E-state index contributed by atoms with van der Waals surface area (Å²) in [5, 5.41) is 0. The molecule has 1 aromatic carbocycles. The van der Waals surface area contributed by atoms with Gasteiger partial charge in [0.2, 0.25) is 0 Å². The van der Waals surface area contributed by atoms with Crippen molar-refractivity contribution in [2.24, 2.45) is 0 Å². The normalized spacial score (nSPS) is 17.0. The van der Waals surface area contributed by atoms with Gasteiger partial charge in [-0.25, -0.2) is 9.44 Å². The number of hydrogen-bond donors (Lipinski definition) is 2. The Labute approximate surface area is 157 Å². The zero-order chi connectivity index (χ0) is 19.0. The molecule has 0 spiro atoms. The molecule has 8 heteroatoms. The van der Waals surface area contributed by atoms with E-state index in [9.17, 15) is 8.42 Å². The fourth-order valence-electron chi connectivity index (χ4n) is 3.22. The van der Waals surface area contributed by atoms with Gasteiger partial charge in [0.1, 0.15) is 0 Å². The van der Waals surface area contributed by atoms with Crippen LogP contribution in [0.3, 0.4) is 0 Å². The zero-order valence-corrected chi connectivity index (χ0v) is 16.8. The molecule has 1 heterocycles. The molecule has 2 N–H and O–H groups in total. The highest BCUT2D eigenvalue weighted by atomic mass is 32.2. The van der Waals surface area contributed by atoms with E-state index in [1.54, 1.807) is 14.2 Å². The molecule has 0 amide bonds. The summed E-state index contributed by atoms with van der Waals surface area (Å²) in [5.74, 6) is 1.32. The van der Waals surface area contributed by atoms with Crippen LogP contribution in [0.25, 0.3) is 0 Å². The van der Waals surface area contributed by atoms with Gasteiger partial charge in [-0.1, -0.05) is 19.4 Å². The van der Waals surface area contributed by atoms with Crippen molar-refractivity contribution in [3.8, 4) is 11.5 Å². The first-order valence-electron chi connectivity index (χ1n) is 9.21. The van der Waals surface area contributed by atoms with Gasteiger partial charge < -0.3 is 9.47 Å². The van der Waals surface area contributed by atoms with E-state index in [0.717, 1.165) is 37.9 Å². The summed E-state index contributed by atoms with van der Waals surface area (Å²) in [6, 6.07) is 5.74. The van der Waals surface area contributed by atoms with Gasteiger partial charge in [0, 0.05) is 19.1 Å². The van der Waals surface area contributed by atoms with Gasteiger partial charge in [-0.05, 0) is 50.0 Å². The highest BCUT2D eigenvalue weighted by Crippen LogP contribution is 2.32. The van der Waals surface area contributed by atoms with Crippen LogP contribution in [0.4, 0.5) is 0 Å². The molecule has 0 saturated carbocycles. The van der Waals surface area contributed by atoms with E-state index in [4.69, 9.17) is 9.47 Å². The molecule has 7 nitrogen and oxygen atoms in total. The first-order valence-corrected chi connectivity index (χ1v) is 10.7. The second-order valence-corrected chi connectivity index (χ2v) is 8.06. The molecule has 1 aliphatic rings. The predicted molar refractivity (Wildman–Crippen MR) is 103 cm³/mol. The summed E-state index contributed by atoms with van der Waals surface area (Å²) < 4.78 is 40.3. The minimum Gasteiger partial charge on any atom is -0.493 e. The lowest BCUT2D eigenvalue weighted by molar-refractivity contribution is 0.164. The topological polar surface area (TPSA) is 79.9 Å². The van der Waals surface area contributed by atoms with Gasteiger partial charge in [-0.3, -0.25) is 4.90 Å². The molecule has 1 fully saturated rings. The van der Waals surface area contributed by atoms with Gasteiger partial charge >= 0.3 is 0 Å². The van der Waals surface area contributed by atoms with Crippen molar-refractivity contribution in [1.82, 2.24) is 14.3 Å². The number of nitrogens with zero attached hydrogens (tertiary/aromatic N) is 1. The van der Waals surface area contributed by atoms with Crippen LogP contribution >= 0.6 is 0 Å². The van der Waals surface area contributed by atoms with E-state index < -0.39 is 10.2 Å². The van der Waals surface area contributed by atoms with Gasteiger partial charge in [0.05, 0.1) is 14.2 Å². The zero-order valence-electron chi connectivity index (χ0n) is 16.0. The number of methoxy groups -OCH3 is 2. The Kier molecular flexibility index (Phi) is 8.15. The van der Waals surface area contributed by atoms with Crippen molar-refractivity contribution in [2.75, 3.05) is 40.4 Å². The summed E-state index contributed by atoms with van der Waals surface area (Å²) in [4.78, 5) is 2.34. The quantitative estimate of drug-likeness (QED) is 0.644. The van der Waals surface area contributed by atoms with Crippen molar-refractivity contribution in [3.63, 3.8) is 0 Å². The molecule has 1 saturated heterocycles. The van der Waals surface area contributed by atoms with Crippen molar-refractivity contribution in [1.29, 1.82) is 0 Å². The van der Waals surface area contributed by atoms with Crippen molar-refractivity contribution < 1.29 is 17.9 Å². The molecule has 0 aliphatic carbocycles. The third-order valence-corrected chi connectivity index (χ3v) is 5.76. The average molecular weight is 386 g/mol. The van der Waals surface area contributed by atoms with Crippen LogP contribution in [0.1, 0.15) is 44.2 Å². The fourth-order valence-corrected chi connectivity index (χ4v) is 4.18. The highest BCUT2D eigenvalue weighted by Gasteiger charge is 2.25. The highest BCUT2D eigenvalue weighted by molar-refractivity contribution is 7.87. The molecular weight excluding hydrogens is 354 g/mol. The lowest BCUT2D eigenvalue weighted by Crippen LogP contribution is -2.44. The number of piperidine rings is 1. The van der Waals surface area contributed by atoms with E-state index in [2.05, 4.69) is 14.3 Å². The minimum absolute atomic E-state index is 0.0479. The van der Waals surface area contributed by atoms with Crippen LogP contribution in [0.5, 0.6) is 11.5 Å². The van der Waals surface area contributed by atoms with Crippen molar-refractivity contribution >= 4 is 10.2 Å². The van der Waals surface area contributed by atoms with E-state index >= 15 is 0 Å². The molecule has 1 atom stereocenters. The molecule has 0 bridgehead atoms. The number of hydrogen-bond acceptors (Lipinski definition) is 5. The van der Waals surface area contributed by atoms with E-state index in [0.29, 0.717) is 24.6 Å². The summed E-state index contributed by atoms with van der Waals surface area (Å²) in [6.07, 6.45) is 4.24. The molecule has 2 rings (SSSR count). The van der Waals surface area contributed by atoms with Gasteiger partial charge in [0.15, 0.2) is 11.5 Å². The molecule has 0 radical (unpaired) electrons. The lowest BCUT2D eigenvalue weighted by atomic mass is 10.0. The summed E-state index contributed by atoms with van der Waals surface area (Å²) in [7, 11) is -0.286. The second-order valence-electron chi connectivity index (χ2n) is 6.47. The van der Waals surface area contributed by atoms with E-state index in [1.807, 2.05) is 25.1 Å². The predicted octanol–water partition coefficient (Wildman–Crippen LogP) is 2.06. The Hall–Kier alpha value is -1.35. The van der Waals surface area contributed by atoms with Crippen molar-refractivity contribution in [2.45, 2.75) is 38.6 Å². The van der Waals surface area contributed by atoms with Crippen LogP contribution in [-0.4, -0.2) is 53.7 Å². The number of ether oxygens (including phenoxy) is 2. The Morgan fingerprint density at radius 2 is 1.77 bits per heavy atom. The summed E-state index contributed by atoms with van der Waals surface area (Å²) >= 11 is 0. The second kappa shape index (κ2) is 10.1. The first kappa shape index (κ1) is 21.0. The van der Waals surface area contributed by atoms with Crippen LogP contribution in [-0.2, 0) is 10.2 Å². The van der Waals surface area contributed by atoms with Crippen LogP contribution < -0.4 is 18.9 Å². The molecule has 26 heavy (non-hydrogen) atoms. The van der Waals surface area contributed by atoms with Gasteiger partial charge in [-0.15, -0.1) is 0 Å². The number of nitrogens with one attached hydrogen (secondary N) is 2. The lowest BCUT2D eigenvalue weighted by Gasteiger charge is -2.35. The van der Waals surface area contributed by atoms with Crippen LogP contribution in [0, 0.1) is 0 Å². The standard InChI is InChI=1S/C18H31N3O4S/c1-4-10-19-26(22,23)20-14-16(21-11-6-5-7-12-21)15-8-9-17(24-2)18(13-15)25-3/h8-9,13,16,19-20H,4-7,10-12,14H2,1-3H3. The third kappa shape index (κ3) is 5.84. The van der Waals surface area contributed by atoms with E-state index in [-0.39, 0.29) is 6.04 Å². The molecular formula is C18H31N3O4S. The summed E-state index contributed by atoms with van der Waals surface area (Å²) in [5.41, 5.74) is 1.02. The molecule has 148 valence electrons. The minimum atomic E-state index is -3.50. The molecule has 1 aliphatic heterocycles. The van der Waals surface area contributed by atoms with Gasteiger partial charge in [0.25, 0.3) is 10.2 Å². The average Bonchev–Trinajstić information content (AvgIpc) is 2.67. The summed E-state index contributed by atoms with van der Waals surface area (Å²) in [6.45, 7) is 4.60.